The van der Waals surface area contributed by atoms with Crippen LogP contribution in [0.4, 0.5) is 18.7 Å². The van der Waals surface area contributed by atoms with Gasteiger partial charge in [-0.05, 0) is 62.3 Å². The van der Waals surface area contributed by atoms with E-state index in [1.807, 2.05) is 12.2 Å². The van der Waals surface area contributed by atoms with Gasteiger partial charge in [0.25, 0.3) is 5.91 Å². The van der Waals surface area contributed by atoms with Gasteiger partial charge < -0.3 is 20.3 Å². The Morgan fingerprint density at radius 2 is 1.88 bits per heavy atom. The quantitative estimate of drug-likeness (QED) is 0.290. The third-order valence-electron chi connectivity index (χ3n) is 11.1. The zero-order valence-corrected chi connectivity index (χ0v) is 31.9. The minimum atomic E-state index is -3.92. The molecule has 8 rings (SSSR count). The molecule has 0 radical (unpaired) electrons. The molecule has 3 aromatic rings. The second-order valence-corrected chi connectivity index (χ2v) is 17.9. The van der Waals surface area contributed by atoms with Crippen molar-refractivity contribution in [2.75, 3.05) is 11.9 Å². The third kappa shape index (κ3) is 7.85. The first kappa shape index (κ1) is 37.9. The highest BCUT2D eigenvalue weighted by Crippen LogP contribution is 2.46. The smallest absolute Gasteiger partial charge is 0.410 e. The van der Waals surface area contributed by atoms with Crippen LogP contribution < -0.4 is 15.4 Å². The number of hydrogen-bond acceptors (Lipinski definition) is 11. The molecule has 3 aliphatic heterocycles. The highest BCUT2D eigenvalue weighted by molar-refractivity contribution is 7.91. The second-order valence-electron chi connectivity index (χ2n) is 15.1. The molecule has 5 aliphatic rings. The van der Waals surface area contributed by atoms with Crippen molar-refractivity contribution in [2.45, 2.75) is 99.9 Å². The van der Waals surface area contributed by atoms with Gasteiger partial charge in [-0.2, -0.15) is 0 Å². The summed E-state index contributed by atoms with van der Waals surface area (Å²) in [7, 11) is -3.92. The molecule has 2 aromatic heterocycles. The molecule has 18 heteroatoms. The van der Waals surface area contributed by atoms with E-state index in [9.17, 15) is 36.4 Å². The van der Waals surface area contributed by atoms with Crippen LogP contribution in [0.1, 0.15) is 68.9 Å². The number of nitrogens with one attached hydrogen (secondary N) is 3. The molecule has 0 unspecified atom stereocenters. The molecule has 296 valence electrons. The van der Waals surface area contributed by atoms with Gasteiger partial charge in [-0.3, -0.25) is 29.0 Å². The maximum absolute atomic E-state index is 14.6. The van der Waals surface area contributed by atoms with Crippen LogP contribution in [0.5, 0.6) is 0 Å². The predicted molar refractivity (Wildman–Crippen MR) is 200 cm³/mol. The predicted octanol–water partition coefficient (Wildman–Crippen LogP) is 4.39. The monoisotopic (exact) mass is 809 g/mol. The van der Waals surface area contributed by atoms with Crippen molar-refractivity contribution in [3.05, 3.63) is 76.8 Å². The molecule has 0 spiro atoms. The summed E-state index contributed by atoms with van der Waals surface area (Å²) in [4.78, 5) is 67.5. The highest BCUT2D eigenvalue weighted by atomic mass is 32.2. The lowest BCUT2D eigenvalue weighted by atomic mass is 10.1. The molecule has 4 amide bonds. The van der Waals surface area contributed by atoms with Crippen LogP contribution in [-0.4, -0.2) is 87.5 Å². The van der Waals surface area contributed by atoms with Gasteiger partial charge in [0, 0.05) is 29.8 Å². The number of carbonyl (C=O) groups excluding carboxylic acids is 4. The lowest BCUT2D eigenvalue weighted by Crippen LogP contribution is -2.57. The van der Waals surface area contributed by atoms with Crippen LogP contribution in [0, 0.1) is 17.6 Å². The molecule has 56 heavy (non-hydrogen) atoms. The fraction of sp³-hybridized carbons (Fsp3) is 0.474. The van der Waals surface area contributed by atoms with Crippen LogP contribution in [0.25, 0.3) is 11.4 Å². The van der Waals surface area contributed by atoms with Gasteiger partial charge in [0.05, 0.1) is 30.2 Å². The largest absolute Gasteiger partial charge is 0.444 e. The SMILES string of the molecule is O=C1N[C@]2(C(=O)NS(=O)(=O)C3CC3)C[C@H]2/C=C\CCCCC[C@H](Nc2nc(-c3ccc(F)cn3)cs2)C(=O)N2C[C@H](OC(=O)N3Cc4cccc(F)c4C3)C[C@@H]12. The fourth-order valence-electron chi connectivity index (χ4n) is 7.71. The number of nitrogens with zero attached hydrogens (tertiary/aromatic N) is 4. The molecule has 2 aliphatic carbocycles. The Kier molecular flexibility index (Phi) is 10.3. The number of sulfonamides is 1. The van der Waals surface area contributed by atoms with E-state index in [0.29, 0.717) is 59.8 Å². The van der Waals surface area contributed by atoms with Gasteiger partial charge in [-0.1, -0.05) is 37.1 Å². The van der Waals surface area contributed by atoms with Crippen LogP contribution >= 0.6 is 11.3 Å². The molecule has 1 aromatic carbocycles. The summed E-state index contributed by atoms with van der Waals surface area (Å²) in [5.41, 5.74) is 0.435. The summed E-state index contributed by atoms with van der Waals surface area (Å²) in [6.07, 6.45) is 7.46. The number of anilines is 1. The number of pyridine rings is 1. The Labute approximate surface area is 326 Å². The average molecular weight is 810 g/mol. The van der Waals surface area contributed by atoms with E-state index >= 15 is 0 Å². The van der Waals surface area contributed by atoms with Crippen molar-refractivity contribution in [3.63, 3.8) is 0 Å². The molecule has 1 saturated heterocycles. The van der Waals surface area contributed by atoms with Crippen molar-refractivity contribution < 1.29 is 41.1 Å². The van der Waals surface area contributed by atoms with Gasteiger partial charge in [0.2, 0.25) is 21.8 Å². The number of hydrogen-bond donors (Lipinski definition) is 3. The van der Waals surface area contributed by atoms with Gasteiger partial charge in [0.15, 0.2) is 5.13 Å². The summed E-state index contributed by atoms with van der Waals surface area (Å²) < 4.78 is 61.7. The number of aromatic nitrogens is 2. The van der Waals surface area contributed by atoms with Gasteiger partial charge in [0.1, 0.15) is 41.1 Å². The number of halogens is 2. The standard InChI is InChI=1S/C38H41F2N7O7S2/c39-24-11-14-29(41-17-24)31-21-55-36(43-31)42-30-10-5-3-1-2-4-8-23-16-38(23,35(50)45-56(52,53)26-12-13-26)44-33(48)32-15-25(19-47(32)34(30)49)54-37(51)46-18-22-7-6-9-28(40)27(22)20-46/h4,6-9,11,14,17,21,23,25-26,30,32H,1-3,5,10,12-13,15-16,18-20H2,(H,42,43)(H,44,48)(H,45,50)/b8-4-/t23-,25-,30+,32+,38-/m1/s1. The molecule has 0 bridgehead atoms. The van der Waals surface area contributed by atoms with Crippen molar-refractivity contribution in [1.29, 1.82) is 0 Å². The van der Waals surface area contributed by atoms with Crippen molar-refractivity contribution in [1.82, 2.24) is 29.8 Å². The van der Waals surface area contributed by atoms with E-state index in [2.05, 4.69) is 25.3 Å². The van der Waals surface area contributed by atoms with Gasteiger partial charge in [-0.25, -0.2) is 27.0 Å². The number of allylic oxidation sites excluding steroid dienone is 1. The zero-order valence-electron chi connectivity index (χ0n) is 30.3. The first-order valence-corrected chi connectivity index (χ1v) is 21.2. The Balaban J connectivity index is 1.06. The number of ether oxygens (including phenoxy) is 1. The van der Waals surface area contributed by atoms with Crippen LogP contribution in [0.3, 0.4) is 0 Å². The number of rotatable bonds is 7. The molecule has 3 fully saturated rings. The molecule has 3 N–H and O–H groups in total. The Morgan fingerprint density at radius 1 is 1.04 bits per heavy atom. The number of carbonyl (C=O) groups is 4. The summed E-state index contributed by atoms with van der Waals surface area (Å²) in [5.74, 6) is -3.35. The van der Waals surface area contributed by atoms with E-state index in [0.717, 1.165) is 19.0 Å². The van der Waals surface area contributed by atoms with Crippen molar-refractivity contribution in [2.24, 2.45) is 5.92 Å². The summed E-state index contributed by atoms with van der Waals surface area (Å²) in [5, 5.41) is 7.55. The molecule has 2 saturated carbocycles. The van der Waals surface area contributed by atoms with Gasteiger partial charge in [-0.15, -0.1) is 11.3 Å². The molecule has 5 heterocycles. The first-order chi connectivity index (χ1) is 26.9. The summed E-state index contributed by atoms with van der Waals surface area (Å²) in [6.45, 7) is -0.000395. The van der Waals surface area contributed by atoms with Crippen molar-refractivity contribution >= 4 is 50.3 Å². The fourth-order valence-corrected chi connectivity index (χ4v) is 9.83. The normalized spacial score (nSPS) is 27.2. The number of thiazole rings is 1. The maximum Gasteiger partial charge on any atom is 0.410 e. The van der Waals surface area contributed by atoms with Crippen LogP contribution in [-0.2, 0) is 42.2 Å². The number of fused-ring (bicyclic) bond motifs is 3. The lowest BCUT2D eigenvalue weighted by Gasteiger charge is -2.29. The molecular formula is C38H41F2N7O7S2. The topological polar surface area (TPSA) is 180 Å². The first-order valence-electron chi connectivity index (χ1n) is 18.8. The van der Waals surface area contributed by atoms with E-state index in [1.165, 1.54) is 39.3 Å². The van der Waals surface area contributed by atoms with Crippen molar-refractivity contribution in [3.8, 4) is 11.4 Å². The second kappa shape index (κ2) is 15.2. The zero-order chi connectivity index (χ0) is 39.2. The number of benzene rings is 1. The third-order valence-corrected chi connectivity index (χ3v) is 13.7. The maximum atomic E-state index is 14.6. The minimum absolute atomic E-state index is 0.00562. The Bertz CT molecular complexity index is 2180. The van der Waals surface area contributed by atoms with E-state index in [1.54, 1.807) is 17.5 Å². The molecular weight excluding hydrogens is 769 g/mol. The molecule has 5 atom stereocenters. The Morgan fingerprint density at radius 3 is 2.64 bits per heavy atom. The lowest BCUT2D eigenvalue weighted by molar-refractivity contribution is -0.140. The van der Waals surface area contributed by atoms with Crippen LogP contribution in [0.15, 0.2) is 54.1 Å². The summed E-state index contributed by atoms with van der Waals surface area (Å²) >= 11 is 1.24. The minimum Gasteiger partial charge on any atom is -0.444 e. The van der Waals surface area contributed by atoms with Crippen LogP contribution in [0.2, 0.25) is 0 Å². The van der Waals surface area contributed by atoms with Gasteiger partial charge >= 0.3 is 6.09 Å². The summed E-state index contributed by atoms with van der Waals surface area (Å²) in [6, 6.07) is 5.37. The van der Waals surface area contributed by atoms with E-state index in [-0.39, 0.29) is 32.5 Å². The number of amides is 4. The van der Waals surface area contributed by atoms with E-state index in [4.69, 9.17) is 4.74 Å². The molecule has 14 nitrogen and oxygen atoms in total. The van der Waals surface area contributed by atoms with E-state index < -0.39 is 80.4 Å². The average Bonchev–Trinajstić information content (AvgIpc) is 3.97. The highest BCUT2D eigenvalue weighted by Gasteiger charge is 2.62. The Hall–Kier alpha value is -4.97.